The molecule has 1 saturated heterocycles. The van der Waals surface area contributed by atoms with E-state index in [0.29, 0.717) is 18.3 Å². The van der Waals surface area contributed by atoms with Gasteiger partial charge < -0.3 is 14.4 Å². The summed E-state index contributed by atoms with van der Waals surface area (Å²) in [6.07, 6.45) is -0.557. The maximum Gasteiger partial charge on any atom is 0.135 e. The summed E-state index contributed by atoms with van der Waals surface area (Å²) in [5, 5.41) is 11.4. The van der Waals surface area contributed by atoms with Crippen molar-refractivity contribution in [3.63, 3.8) is 0 Å². The van der Waals surface area contributed by atoms with E-state index in [0.717, 1.165) is 30.6 Å². The molecule has 1 aliphatic heterocycles. The lowest BCUT2D eigenvalue weighted by Crippen LogP contribution is -2.50. The summed E-state index contributed by atoms with van der Waals surface area (Å²) >= 11 is 0. The van der Waals surface area contributed by atoms with Crippen LogP contribution in [0.15, 0.2) is 34.7 Å². The molecule has 2 atom stereocenters. The Morgan fingerprint density at radius 2 is 2.15 bits per heavy atom. The third-order valence-electron chi connectivity index (χ3n) is 4.25. The van der Waals surface area contributed by atoms with Crippen LogP contribution in [0.3, 0.4) is 0 Å². The van der Waals surface area contributed by atoms with Gasteiger partial charge in [0.2, 0.25) is 0 Å². The number of β-amino-alcohol motifs (C(OH)–C–C–N with tert-alkyl or cyclic N) is 1. The zero-order chi connectivity index (χ0) is 14.1. The number of nitrogens with zero attached hydrogens (tertiary/aromatic N) is 2. The van der Waals surface area contributed by atoms with Gasteiger partial charge in [0.15, 0.2) is 0 Å². The monoisotopic (exact) mass is 274 g/mol. The van der Waals surface area contributed by atoms with E-state index in [1.807, 2.05) is 30.3 Å². The summed E-state index contributed by atoms with van der Waals surface area (Å²) in [6.45, 7) is 5.90. The van der Waals surface area contributed by atoms with Crippen LogP contribution in [0, 0.1) is 0 Å². The molecule has 0 bridgehead atoms. The molecule has 1 aromatic carbocycles. The number of hydrogen-bond donors (Lipinski definition) is 1. The maximum absolute atomic E-state index is 10.4. The highest BCUT2D eigenvalue weighted by atomic mass is 16.4. The van der Waals surface area contributed by atoms with E-state index < -0.39 is 6.10 Å². The van der Waals surface area contributed by atoms with Crippen molar-refractivity contribution in [2.45, 2.75) is 19.1 Å². The topological polar surface area (TPSA) is 39.9 Å². The molecule has 2 heterocycles. The number of likely N-dealkylation sites (N-methyl/N-ethyl adjacent to an activating group) is 1. The van der Waals surface area contributed by atoms with E-state index in [1.54, 1.807) is 0 Å². The van der Waals surface area contributed by atoms with Crippen molar-refractivity contribution < 1.29 is 9.52 Å². The fraction of sp³-hybridized carbons (Fsp3) is 0.500. The van der Waals surface area contributed by atoms with E-state index in [4.69, 9.17) is 4.42 Å². The first-order chi connectivity index (χ1) is 9.63. The normalized spacial score (nSPS) is 23.2. The van der Waals surface area contributed by atoms with E-state index in [9.17, 15) is 5.11 Å². The highest BCUT2D eigenvalue weighted by Crippen LogP contribution is 2.24. The minimum Gasteiger partial charge on any atom is -0.458 e. The Labute approximate surface area is 119 Å². The molecule has 0 amide bonds. The standard InChI is InChI=1S/C16H22N2O2/c1-12-10-18(8-7-17(12)2)11-14(19)16-9-13-5-3-4-6-15(13)20-16/h3-6,9,12,14,19H,7-8,10-11H2,1-2H3. The second-order valence-corrected chi connectivity index (χ2v) is 5.79. The van der Waals surface area contributed by atoms with Gasteiger partial charge in [0.05, 0.1) is 0 Å². The van der Waals surface area contributed by atoms with Gasteiger partial charge in [-0.25, -0.2) is 0 Å². The first-order valence-electron chi connectivity index (χ1n) is 7.22. The van der Waals surface area contributed by atoms with Crippen LogP contribution in [0.1, 0.15) is 18.8 Å². The first-order valence-corrected chi connectivity index (χ1v) is 7.22. The van der Waals surface area contributed by atoms with Crippen LogP contribution in [0.4, 0.5) is 0 Å². The number of benzene rings is 1. The molecule has 108 valence electrons. The summed E-state index contributed by atoms with van der Waals surface area (Å²) in [7, 11) is 2.15. The first kappa shape index (κ1) is 13.6. The summed E-state index contributed by atoms with van der Waals surface area (Å²) < 4.78 is 5.73. The second-order valence-electron chi connectivity index (χ2n) is 5.79. The maximum atomic E-state index is 10.4. The van der Waals surface area contributed by atoms with Crippen molar-refractivity contribution >= 4 is 11.0 Å². The predicted octanol–water partition coefficient (Wildman–Crippen LogP) is 2.10. The molecule has 1 aliphatic rings. The number of aliphatic hydroxyl groups is 1. The molecule has 0 aliphatic carbocycles. The Hall–Kier alpha value is -1.36. The van der Waals surface area contributed by atoms with E-state index in [-0.39, 0.29) is 0 Å². The molecule has 2 unspecified atom stereocenters. The lowest BCUT2D eigenvalue weighted by molar-refractivity contribution is 0.0488. The number of rotatable bonds is 3. The van der Waals surface area contributed by atoms with Gasteiger partial charge in [-0.3, -0.25) is 4.90 Å². The molecule has 20 heavy (non-hydrogen) atoms. The molecule has 0 spiro atoms. The number of para-hydroxylation sites is 1. The van der Waals surface area contributed by atoms with Gasteiger partial charge in [-0.2, -0.15) is 0 Å². The third kappa shape index (κ3) is 2.73. The molecule has 1 fully saturated rings. The van der Waals surface area contributed by atoms with Gasteiger partial charge in [-0.1, -0.05) is 18.2 Å². The summed E-state index contributed by atoms with van der Waals surface area (Å²) in [6, 6.07) is 10.3. The number of furan rings is 1. The smallest absolute Gasteiger partial charge is 0.135 e. The summed E-state index contributed by atoms with van der Waals surface area (Å²) in [4.78, 5) is 4.66. The van der Waals surface area contributed by atoms with Crippen molar-refractivity contribution in [1.29, 1.82) is 0 Å². The molecular formula is C16H22N2O2. The fourth-order valence-corrected chi connectivity index (χ4v) is 2.79. The number of piperazine rings is 1. The van der Waals surface area contributed by atoms with Crippen molar-refractivity contribution in [3.8, 4) is 0 Å². The number of hydrogen-bond acceptors (Lipinski definition) is 4. The van der Waals surface area contributed by atoms with E-state index >= 15 is 0 Å². The van der Waals surface area contributed by atoms with Crippen LogP contribution < -0.4 is 0 Å². The zero-order valence-corrected chi connectivity index (χ0v) is 12.1. The van der Waals surface area contributed by atoms with Crippen molar-refractivity contribution in [3.05, 3.63) is 36.1 Å². The molecule has 2 aromatic rings. The van der Waals surface area contributed by atoms with Gasteiger partial charge in [0.25, 0.3) is 0 Å². The second kappa shape index (κ2) is 5.56. The zero-order valence-electron chi connectivity index (χ0n) is 12.1. The van der Waals surface area contributed by atoms with E-state index in [1.165, 1.54) is 0 Å². The highest BCUT2D eigenvalue weighted by molar-refractivity contribution is 5.77. The Morgan fingerprint density at radius 1 is 1.35 bits per heavy atom. The largest absolute Gasteiger partial charge is 0.458 e. The molecule has 0 radical (unpaired) electrons. The average molecular weight is 274 g/mol. The number of fused-ring (bicyclic) bond motifs is 1. The Morgan fingerprint density at radius 3 is 2.90 bits per heavy atom. The van der Waals surface area contributed by atoms with Gasteiger partial charge in [0.1, 0.15) is 17.4 Å². The highest BCUT2D eigenvalue weighted by Gasteiger charge is 2.24. The molecule has 0 saturated carbocycles. The van der Waals surface area contributed by atoms with Gasteiger partial charge in [0, 0.05) is 37.6 Å². The molecule has 4 nitrogen and oxygen atoms in total. The van der Waals surface area contributed by atoms with Crippen molar-refractivity contribution in [1.82, 2.24) is 9.80 Å². The molecule has 1 N–H and O–H groups in total. The van der Waals surface area contributed by atoms with Crippen LogP contribution >= 0.6 is 0 Å². The van der Waals surface area contributed by atoms with Gasteiger partial charge in [-0.05, 0) is 26.1 Å². The summed E-state index contributed by atoms with van der Waals surface area (Å²) in [5.74, 6) is 0.665. The molecule has 4 heteroatoms. The molecule has 3 rings (SSSR count). The number of aliphatic hydroxyl groups excluding tert-OH is 1. The predicted molar refractivity (Wildman–Crippen MR) is 79.7 cm³/mol. The van der Waals surface area contributed by atoms with Crippen LogP contribution in [0.5, 0.6) is 0 Å². The van der Waals surface area contributed by atoms with Crippen LogP contribution in [-0.4, -0.2) is 54.2 Å². The van der Waals surface area contributed by atoms with Crippen LogP contribution in [0.2, 0.25) is 0 Å². The van der Waals surface area contributed by atoms with Crippen molar-refractivity contribution in [2.24, 2.45) is 0 Å². The van der Waals surface area contributed by atoms with Crippen LogP contribution in [0.25, 0.3) is 11.0 Å². The average Bonchev–Trinajstić information content (AvgIpc) is 2.87. The Kier molecular flexibility index (Phi) is 3.78. The molecule has 1 aromatic heterocycles. The fourth-order valence-electron chi connectivity index (χ4n) is 2.79. The SMILES string of the molecule is CC1CN(CC(O)c2cc3ccccc3o2)CCN1C. The Balaban J connectivity index is 1.68. The van der Waals surface area contributed by atoms with Crippen molar-refractivity contribution in [2.75, 3.05) is 33.2 Å². The molecular weight excluding hydrogens is 252 g/mol. The minimum absolute atomic E-state index is 0.534. The third-order valence-corrected chi connectivity index (χ3v) is 4.25. The minimum atomic E-state index is -0.557. The lowest BCUT2D eigenvalue weighted by Gasteiger charge is -2.38. The van der Waals surface area contributed by atoms with Gasteiger partial charge in [-0.15, -0.1) is 0 Å². The Bertz CT molecular complexity index is 548. The van der Waals surface area contributed by atoms with E-state index in [2.05, 4.69) is 23.8 Å². The van der Waals surface area contributed by atoms with Gasteiger partial charge >= 0.3 is 0 Å². The summed E-state index contributed by atoms with van der Waals surface area (Å²) in [5.41, 5.74) is 0.841. The van der Waals surface area contributed by atoms with Crippen LogP contribution in [-0.2, 0) is 0 Å². The lowest BCUT2D eigenvalue weighted by atomic mass is 10.1. The quantitative estimate of drug-likeness (QED) is 0.930.